The van der Waals surface area contributed by atoms with E-state index in [2.05, 4.69) is 56.4 Å². The van der Waals surface area contributed by atoms with Crippen LogP contribution in [0.1, 0.15) is 32.1 Å². The third-order valence-corrected chi connectivity index (χ3v) is 4.12. The van der Waals surface area contributed by atoms with Gasteiger partial charge in [-0.2, -0.15) is 0 Å². The van der Waals surface area contributed by atoms with E-state index >= 15 is 0 Å². The summed E-state index contributed by atoms with van der Waals surface area (Å²) in [7, 11) is 6.85. The fraction of sp³-hybridized carbons (Fsp3) is 0.647. The molecule has 1 aliphatic rings. The van der Waals surface area contributed by atoms with Crippen molar-refractivity contribution in [3.05, 3.63) is 30.3 Å². The van der Waals surface area contributed by atoms with Gasteiger partial charge in [-0.3, -0.25) is 0 Å². The molecule has 1 aliphatic carbocycles. The van der Waals surface area contributed by atoms with Crippen LogP contribution in [0, 0.1) is 0 Å². The zero-order valence-corrected chi connectivity index (χ0v) is 12.8. The highest BCUT2D eigenvalue weighted by atomic mass is 15.3. The van der Waals surface area contributed by atoms with Crippen molar-refractivity contribution in [3.8, 4) is 0 Å². The van der Waals surface area contributed by atoms with Gasteiger partial charge in [0.1, 0.15) is 0 Å². The Morgan fingerprint density at radius 3 is 2.21 bits per heavy atom. The van der Waals surface area contributed by atoms with Crippen LogP contribution in [0.5, 0.6) is 0 Å². The minimum atomic E-state index is 0.752. The fourth-order valence-corrected chi connectivity index (χ4v) is 2.94. The van der Waals surface area contributed by atoms with E-state index in [0.29, 0.717) is 0 Å². The van der Waals surface area contributed by atoms with Crippen LogP contribution in [-0.4, -0.2) is 44.8 Å². The minimum absolute atomic E-state index is 0.752. The lowest BCUT2D eigenvalue weighted by atomic mass is 9.93. The lowest BCUT2D eigenvalue weighted by Crippen LogP contribution is -2.46. The first-order valence-electron chi connectivity index (χ1n) is 7.68. The molecule has 0 radical (unpaired) electrons. The molecule has 0 aliphatic heterocycles. The van der Waals surface area contributed by atoms with Crippen LogP contribution in [0.4, 0.5) is 5.69 Å². The Hall–Kier alpha value is -1.02. The molecule has 0 amide bonds. The first kappa shape index (κ1) is 14.4. The molecule has 0 atom stereocenters. The van der Waals surface area contributed by atoms with Crippen LogP contribution in [0.3, 0.4) is 0 Å². The molecule has 2 heteroatoms. The van der Waals surface area contributed by atoms with Crippen molar-refractivity contribution in [2.45, 2.75) is 38.1 Å². The highest BCUT2D eigenvalue weighted by Gasteiger charge is 2.22. The maximum absolute atomic E-state index is 2.66. The number of anilines is 1. The van der Waals surface area contributed by atoms with Gasteiger partial charge < -0.3 is 9.38 Å². The van der Waals surface area contributed by atoms with E-state index < -0.39 is 0 Å². The summed E-state index contributed by atoms with van der Waals surface area (Å²) in [6, 6.07) is 11.7. The molecule has 1 aromatic carbocycles. The molecule has 0 spiro atoms. The third-order valence-electron chi connectivity index (χ3n) is 4.12. The molecule has 1 fully saturated rings. The lowest BCUT2D eigenvalue weighted by Gasteiger charge is -2.38. The molecule has 0 aromatic heterocycles. The second-order valence-electron chi connectivity index (χ2n) is 6.83. The van der Waals surface area contributed by atoms with Crippen molar-refractivity contribution in [2.75, 3.05) is 39.1 Å². The van der Waals surface area contributed by atoms with E-state index in [1.807, 2.05) is 0 Å². The number of rotatable bonds is 5. The highest BCUT2D eigenvalue weighted by molar-refractivity contribution is 5.47. The Morgan fingerprint density at radius 2 is 1.63 bits per heavy atom. The van der Waals surface area contributed by atoms with Gasteiger partial charge in [-0.15, -0.1) is 0 Å². The van der Waals surface area contributed by atoms with Crippen molar-refractivity contribution in [1.29, 1.82) is 0 Å². The van der Waals surface area contributed by atoms with Gasteiger partial charge in [0, 0.05) is 11.7 Å². The quantitative estimate of drug-likeness (QED) is 0.733. The summed E-state index contributed by atoms with van der Waals surface area (Å²) in [5, 5.41) is 0. The van der Waals surface area contributed by atoms with Crippen LogP contribution >= 0.6 is 0 Å². The molecule has 1 aromatic rings. The van der Waals surface area contributed by atoms with Gasteiger partial charge in [0.25, 0.3) is 0 Å². The maximum atomic E-state index is 2.66. The van der Waals surface area contributed by atoms with Crippen LogP contribution in [0.2, 0.25) is 0 Å². The largest absolute Gasteiger partial charge is 0.363 e. The van der Waals surface area contributed by atoms with Crippen molar-refractivity contribution in [2.24, 2.45) is 0 Å². The standard InChI is InChI=1S/C17H29N2/c1-19(2,3)15-14-18(16-10-6-4-7-11-16)17-12-8-5-9-13-17/h4,6-7,10-11,17H,5,8-9,12-15H2,1-3H3/q+1. The second kappa shape index (κ2) is 6.42. The van der Waals surface area contributed by atoms with E-state index in [9.17, 15) is 0 Å². The van der Waals surface area contributed by atoms with Crippen LogP contribution in [0.25, 0.3) is 0 Å². The van der Waals surface area contributed by atoms with Gasteiger partial charge in [-0.25, -0.2) is 0 Å². The average Bonchev–Trinajstić information content (AvgIpc) is 2.40. The average molecular weight is 261 g/mol. The Kier molecular flexibility index (Phi) is 4.87. The summed E-state index contributed by atoms with van der Waals surface area (Å²) in [6.45, 7) is 2.36. The lowest BCUT2D eigenvalue weighted by molar-refractivity contribution is -0.868. The predicted molar refractivity (Wildman–Crippen MR) is 83.6 cm³/mol. The smallest absolute Gasteiger partial charge is 0.0958 e. The number of likely N-dealkylation sites (N-methyl/N-ethyl adjacent to an activating group) is 1. The second-order valence-corrected chi connectivity index (χ2v) is 6.83. The summed E-state index contributed by atoms with van der Waals surface area (Å²) < 4.78 is 1.04. The predicted octanol–water partition coefficient (Wildman–Crippen LogP) is 3.53. The SMILES string of the molecule is C[N+](C)(C)CCN(c1ccccc1)C1CCCCC1. The summed E-state index contributed by atoms with van der Waals surface area (Å²) in [5.74, 6) is 0. The number of quaternary nitrogens is 1. The third kappa shape index (κ3) is 4.54. The minimum Gasteiger partial charge on any atom is -0.363 e. The molecule has 0 unspecified atom stereocenters. The summed E-state index contributed by atoms with van der Waals surface area (Å²) >= 11 is 0. The monoisotopic (exact) mass is 261 g/mol. The molecule has 2 rings (SSSR count). The zero-order chi connectivity index (χ0) is 13.7. The van der Waals surface area contributed by atoms with Gasteiger partial charge in [-0.1, -0.05) is 37.5 Å². The first-order valence-corrected chi connectivity index (χ1v) is 7.68. The number of hydrogen-bond donors (Lipinski definition) is 0. The number of hydrogen-bond acceptors (Lipinski definition) is 1. The van der Waals surface area contributed by atoms with Crippen LogP contribution < -0.4 is 4.90 Å². The summed E-state index contributed by atoms with van der Waals surface area (Å²) in [4.78, 5) is 2.66. The van der Waals surface area contributed by atoms with Gasteiger partial charge in [0.15, 0.2) is 0 Å². The summed E-state index contributed by atoms with van der Waals surface area (Å²) in [5.41, 5.74) is 1.41. The molecule has 0 saturated heterocycles. The van der Waals surface area contributed by atoms with E-state index in [1.165, 1.54) is 44.3 Å². The molecule has 0 N–H and O–H groups in total. The number of benzene rings is 1. The Bertz CT molecular complexity index is 361. The molecule has 0 heterocycles. The van der Waals surface area contributed by atoms with Gasteiger partial charge >= 0.3 is 0 Å². The van der Waals surface area contributed by atoms with E-state index in [-0.39, 0.29) is 0 Å². The molecule has 106 valence electrons. The summed E-state index contributed by atoms with van der Waals surface area (Å²) in [6.07, 6.45) is 6.96. The Morgan fingerprint density at radius 1 is 1.00 bits per heavy atom. The van der Waals surface area contributed by atoms with Gasteiger partial charge in [-0.05, 0) is 25.0 Å². The van der Waals surface area contributed by atoms with E-state index in [4.69, 9.17) is 0 Å². The molecular formula is C17H29N2+. The molecule has 2 nitrogen and oxygen atoms in total. The number of nitrogens with zero attached hydrogens (tertiary/aromatic N) is 2. The Balaban J connectivity index is 2.08. The topological polar surface area (TPSA) is 3.24 Å². The normalized spacial score (nSPS) is 17.4. The van der Waals surface area contributed by atoms with Crippen LogP contribution in [0.15, 0.2) is 30.3 Å². The number of para-hydroxylation sites is 1. The van der Waals surface area contributed by atoms with E-state index in [0.717, 1.165) is 17.1 Å². The molecule has 0 bridgehead atoms. The van der Waals surface area contributed by atoms with Crippen molar-refractivity contribution >= 4 is 5.69 Å². The molecule has 1 saturated carbocycles. The highest BCUT2D eigenvalue weighted by Crippen LogP contribution is 2.27. The van der Waals surface area contributed by atoms with Crippen molar-refractivity contribution < 1.29 is 4.48 Å². The Labute approximate surface area is 118 Å². The van der Waals surface area contributed by atoms with Crippen LogP contribution in [-0.2, 0) is 0 Å². The van der Waals surface area contributed by atoms with E-state index in [1.54, 1.807) is 0 Å². The fourth-order valence-electron chi connectivity index (χ4n) is 2.94. The van der Waals surface area contributed by atoms with Gasteiger partial charge in [0.05, 0.1) is 34.2 Å². The molecule has 19 heavy (non-hydrogen) atoms. The van der Waals surface area contributed by atoms with Crippen molar-refractivity contribution in [1.82, 2.24) is 0 Å². The maximum Gasteiger partial charge on any atom is 0.0958 e. The van der Waals surface area contributed by atoms with Crippen molar-refractivity contribution in [3.63, 3.8) is 0 Å². The zero-order valence-electron chi connectivity index (χ0n) is 12.8. The molecular weight excluding hydrogens is 232 g/mol. The first-order chi connectivity index (χ1) is 9.06. The van der Waals surface area contributed by atoms with Gasteiger partial charge in [0.2, 0.25) is 0 Å².